The molecule has 1 N–H and O–H groups in total. The molecule has 0 saturated heterocycles. The van der Waals surface area contributed by atoms with Gasteiger partial charge in [-0.1, -0.05) is 69.9 Å². The van der Waals surface area contributed by atoms with Crippen LogP contribution in [0.2, 0.25) is 10.0 Å². The molecule has 1 aliphatic carbocycles. The third-order valence-electron chi connectivity index (χ3n) is 6.95. The zero-order valence-electron chi connectivity index (χ0n) is 21.4. The van der Waals surface area contributed by atoms with E-state index in [1.807, 2.05) is 12.2 Å². The van der Waals surface area contributed by atoms with Crippen molar-refractivity contribution in [2.45, 2.75) is 43.6 Å². The van der Waals surface area contributed by atoms with E-state index in [4.69, 9.17) is 32.9 Å². The van der Waals surface area contributed by atoms with Crippen molar-refractivity contribution >= 4 is 51.8 Å². The first-order chi connectivity index (χ1) is 19.6. The normalized spacial score (nSPS) is 20.7. The van der Waals surface area contributed by atoms with Crippen LogP contribution in [0.3, 0.4) is 0 Å². The summed E-state index contributed by atoms with van der Waals surface area (Å²) in [5, 5.41) is 10.3. The summed E-state index contributed by atoms with van der Waals surface area (Å²) in [6, 6.07) is 11.5. The van der Waals surface area contributed by atoms with Crippen LogP contribution >= 0.6 is 23.2 Å². The topological polar surface area (TPSA) is 72.3 Å². The van der Waals surface area contributed by atoms with Gasteiger partial charge in [-0.2, -0.15) is 13.2 Å². The zero-order valence-corrected chi connectivity index (χ0v) is 22.9. The molecule has 5 rings (SSSR count). The number of amides is 1. The first-order valence-electron chi connectivity index (χ1n) is 12.7. The summed E-state index contributed by atoms with van der Waals surface area (Å²) in [4.78, 5) is 23.4. The predicted octanol–water partition coefficient (Wildman–Crippen LogP) is 7.71. The molecule has 214 valence electrons. The molecule has 0 radical (unpaired) electrons. The lowest BCUT2D eigenvalue weighted by atomic mass is 9.85. The fourth-order valence-corrected chi connectivity index (χ4v) is 5.33. The van der Waals surface area contributed by atoms with Crippen molar-refractivity contribution in [2.75, 3.05) is 6.54 Å². The molecule has 2 unspecified atom stereocenters. The van der Waals surface area contributed by atoms with E-state index < -0.39 is 45.5 Å². The molecule has 1 amide bonds. The SMILES string of the molecule is O=C(NC/C=N\OC1C=CCCC1)c1ccc(C2=NOC(c3cc(Cl)c(F)c(Cl)c3)(C(F)(F)F)C2)c2ccccc12. The number of carbonyl (C=O) groups excluding carboxylic acids is 1. The molecule has 3 aromatic rings. The van der Waals surface area contributed by atoms with Gasteiger partial charge in [-0.05, 0) is 54.3 Å². The average Bonchev–Trinajstić information content (AvgIpc) is 3.42. The van der Waals surface area contributed by atoms with Crippen LogP contribution in [0.25, 0.3) is 10.8 Å². The Kier molecular flexibility index (Phi) is 8.24. The Morgan fingerprint density at radius 2 is 1.90 bits per heavy atom. The summed E-state index contributed by atoms with van der Waals surface area (Å²) >= 11 is 11.6. The molecule has 6 nitrogen and oxygen atoms in total. The van der Waals surface area contributed by atoms with Gasteiger partial charge in [-0.25, -0.2) is 4.39 Å². The molecular formula is C29H23Cl2F4N3O3. The van der Waals surface area contributed by atoms with Gasteiger partial charge in [-0.3, -0.25) is 4.79 Å². The van der Waals surface area contributed by atoms with E-state index in [1.54, 1.807) is 24.3 Å². The van der Waals surface area contributed by atoms with Crippen LogP contribution in [0, 0.1) is 5.82 Å². The molecule has 3 aromatic carbocycles. The lowest BCUT2D eigenvalue weighted by Crippen LogP contribution is -2.42. The number of hydrogen-bond acceptors (Lipinski definition) is 5. The molecule has 41 heavy (non-hydrogen) atoms. The van der Waals surface area contributed by atoms with Gasteiger partial charge in [0, 0.05) is 23.1 Å². The van der Waals surface area contributed by atoms with Crippen LogP contribution in [0.15, 0.2) is 71.0 Å². The number of nitrogens with zero attached hydrogens (tertiary/aromatic N) is 2. The molecule has 0 spiro atoms. The minimum atomic E-state index is -4.95. The van der Waals surface area contributed by atoms with Gasteiger partial charge in [0.15, 0.2) is 5.82 Å². The maximum atomic E-state index is 14.5. The van der Waals surface area contributed by atoms with Crippen LogP contribution < -0.4 is 5.32 Å². The maximum absolute atomic E-state index is 14.5. The summed E-state index contributed by atoms with van der Waals surface area (Å²) in [5.74, 6) is -1.44. The van der Waals surface area contributed by atoms with Crippen molar-refractivity contribution in [1.29, 1.82) is 0 Å². The number of nitrogens with one attached hydrogen (secondary N) is 1. The van der Waals surface area contributed by atoms with Crippen LogP contribution in [0.1, 0.15) is 47.2 Å². The zero-order chi connectivity index (χ0) is 29.2. The van der Waals surface area contributed by atoms with Crippen molar-refractivity contribution in [3.05, 3.63) is 93.2 Å². The number of benzene rings is 3. The standard InChI is InChI=1S/C29H23Cl2F4N3O3/c30-23-14-17(15-24(31)26(23)32)28(29(33,34)35)16-25(38-41-28)21-10-11-22(20-9-5-4-8-19(20)21)27(39)36-12-13-37-40-18-6-2-1-3-7-18/h2,4-6,8-11,13-15,18H,1,3,7,12,16H2,(H,36,39)/b37-13-. The van der Waals surface area contributed by atoms with Crippen LogP contribution in [-0.2, 0) is 15.3 Å². The first kappa shape index (κ1) is 28.9. The van der Waals surface area contributed by atoms with Gasteiger partial charge >= 0.3 is 6.18 Å². The largest absolute Gasteiger partial charge is 0.435 e. The van der Waals surface area contributed by atoms with Gasteiger partial charge < -0.3 is 15.0 Å². The van der Waals surface area contributed by atoms with Gasteiger partial charge in [0.25, 0.3) is 11.5 Å². The summed E-state index contributed by atoms with van der Waals surface area (Å²) in [6.45, 7) is 0.114. The molecule has 2 aliphatic rings. The average molecular weight is 608 g/mol. The van der Waals surface area contributed by atoms with Gasteiger partial charge in [0.1, 0.15) is 6.10 Å². The third kappa shape index (κ3) is 5.76. The molecule has 1 aliphatic heterocycles. The summed E-state index contributed by atoms with van der Waals surface area (Å²) in [7, 11) is 0. The second-order valence-corrected chi connectivity index (χ2v) is 10.4. The Bertz CT molecular complexity index is 1550. The molecule has 2 atom stereocenters. The van der Waals surface area contributed by atoms with E-state index in [0.29, 0.717) is 21.9 Å². The van der Waals surface area contributed by atoms with Crippen LogP contribution in [0.4, 0.5) is 17.6 Å². The minimum Gasteiger partial charge on any atom is -0.389 e. The monoisotopic (exact) mass is 607 g/mol. The number of rotatable bonds is 7. The number of fused-ring (bicyclic) bond motifs is 1. The molecule has 0 saturated carbocycles. The fraction of sp³-hybridized carbons (Fsp3) is 0.276. The van der Waals surface area contributed by atoms with Crippen molar-refractivity contribution in [2.24, 2.45) is 10.3 Å². The Labute approximate surface area is 242 Å². The van der Waals surface area contributed by atoms with E-state index in [2.05, 4.69) is 15.6 Å². The highest BCUT2D eigenvalue weighted by atomic mass is 35.5. The number of allylic oxidation sites excluding steroid dienone is 1. The predicted molar refractivity (Wildman–Crippen MR) is 149 cm³/mol. The molecule has 12 heteroatoms. The Hall–Kier alpha value is -3.63. The minimum absolute atomic E-state index is 0.0110. The highest BCUT2D eigenvalue weighted by Crippen LogP contribution is 2.50. The van der Waals surface area contributed by atoms with Crippen molar-refractivity contribution < 1.29 is 32.0 Å². The fourth-order valence-electron chi connectivity index (χ4n) is 4.85. The van der Waals surface area contributed by atoms with E-state index in [-0.39, 0.29) is 18.4 Å². The maximum Gasteiger partial charge on any atom is 0.435 e. The summed E-state index contributed by atoms with van der Waals surface area (Å²) < 4.78 is 57.4. The number of carbonyl (C=O) groups is 1. The summed E-state index contributed by atoms with van der Waals surface area (Å²) in [6.07, 6.45) is 2.62. The van der Waals surface area contributed by atoms with Crippen molar-refractivity contribution in [1.82, 2.24) is 5.32 Å². The summed E-state index contributed by atoms with van der Waals surface area (Å²) in [5.41, 5.74) is -2.77. The van der Waals surface area contributed by atoms with Gasteiger partial charge in [0.05, 0.1) is 28.5 Å². The lowest BCUT2D eigenvalue weighted by Gasteiger charge is -2.29. The second-order valence-electron chi connectivity index (χ2n) is 9.59. The highest BCUT2D eigenvalue weighted by Gasteiger charge is 2.62. The molecular weight excluding hydrogens is 585 g/mol. The number of oxime groups is 2. The smallest absolute Gasteiger partial charge is 0.389 e. The number of halogens is 6. The van der Waals surface area contributed by atoms with E-state index in [1.165, 1.54) is 18.3 Å². The third-order valence-corrected chi connectivity index (χ3v) is 7.50. The van der Waals surface area contributed by atoms with Crippen LogP contribution in [0.5, 0.6) is 0 Å². The van der Waals surface area contributed by atoms with Crippen molar-refractivity contribution in [3.63, 3.8) is 0 Å². The Morgan fingerprint density at radius 3 is 2.59 bits per heavy atom. The van der Waals surface area contributed by atoms with E-state index in [0.717, 1.165) is 31.4 Å². The second kappa shape index (κ2) is 11.7. The van der Waals surface area contributed by atoms with Gasteiger partial charge in [-0.15, -0.1) is 0 Å². The van der Waals surface area contributed by atoms with Crippen LogP contribution in [-0.4, -0.2) is 36.7 Å². The highest BCUT2D eigenvalue weighted by molar-refractivity contribution is 6.35. The molecule has 0 fully saturated rings. The number of hydrogen-bond donors (Lipinski definition) is 1. The quantitative estimate of drug-likeness (QED) is 0.0983. The number of alkyl halides is 3. The lowest BCUT2D eigenvalue weighted by molar-refractivity contribution is -0.275. The Morgan fingerprint density at radius 1 is 1.17 bits per heavy atom. The van der Waals surface area contributed by atoms with E-state index >= 15 is 0 Å². The van der Waals surface area contributed by atoms with Crippen molar-refractivity contribution in [3.8, 4) is 0 Å². The Balaban J connectivity index is 1.38. The molecule has 0 aromatic heterocycles. The van der Waals surface area contributed by atoms with E-state index in [9.17, 15) is 22.4 Å². The molecule has 0 bridgehead atoms. The molecule has 1 heterocycles. The van der Waals surface area contributed by atoms with Gasteiger partial charge in [0.2, 0.25) is 0 Å². The first-order valence-corrected chi connectivity index (χ1v) is 13.5.